The zero-order valence-corrected chi connectivity index (χ0v) is 17.3. The van der Waals surface area contributed by atoms with E-state index in [9.17, 15) is 18.0 Å². The molecule has 0 saturated heterocycles. The fourth-order valence-electron chi connectivity index (χ4n) is 3.58. The summed E-state index contributed by atoms with van der Waals surface area (Å²) in [6, 6.07) is 10.7. The lowest BCUT2D eigenvalue weighted by Gasteiger charge is -2.25. The first kappa shape index (κ1) is 21.5. The molecule has 4 heterocycles. The lowest BCUT2D eigenvalue weighted by molar-refractivity contribution is -0.141. The molecule has 7 nitrogen and oxygen atoms in total. The van der Waals surface area contributed by atoms with E-state index in [1.807, 2.05) is 6.92 Å². The van der Waals surface area contributed by atoms with Gasteiger partial charge < -0.3 is 4.90 Å². The third kappa shape index (κ3) is 4.48. The molecule has 0 spiro atoms. The molecule has 3 aromatic rings. The summed E-state index contributed by atoms with van der Waals surface area (Å²) in [4.78, 5) is 28.8. The van der Waals surface area contributed by atoms with Crippen LogP contribution < -0.4 is 15.1 Å². The number of rotatable bonds is 3. The van der Waals surface area contributed by atoms with E-state index in [-0.39, 0.29) is 5.56 Å². The summed E-state index contributed by atoms with van der Waals surface area (Å²) < 4.78 is 39.4. The molecule has 166 valence electrons. The zero-order valence-electron chi connectivity index (χ0n) is 17.3. The number of anilines is 3. The standard InChI is InChI=1S/C22H21F3N6O/c1-2-30-12-5-13-31(21(32)29-19-6-3-4-10-27-19)20-17(30)8-7-16(28-20)15-9-11-26-18(14-15)22(23,24)25/h3-4,6-11,14H,2,5,12-13H2,1H3,(H,27,29,32). The molecule has 0 aromatic carbocycles. The smallest absolute Gasteiger partial charge is 0.369 e. The second-order valence-electron chi connectivity index (χ2n) is 7.20. The minimum atomic E-state index is -4.56. The van der Waals surface area contributed by atoms with E-state index in [0.717, 1.165) is 24.5 Å². The van der Waals surface area contributed by atoms with Crippen molar-refractivity contribution < 1.29 is 18.0 Å². The Bertz CT molecular complexity index is 1110. The molecule has 0 atom stereocenters. The van der Waals surface area contributed by atoms with Crippen LogP contribution >= 0.6 is 0 Å². The minimum absolute atomic E-state index is 0.271. The fourth-order valence-corrected chi connectivity index (χ4v) is 3.58. The number of hydrogen-bond donors (Lipinski definition) is 1. The SMILES string of the molecule is CCN1CCCN(C(=O)Nc2ccccn2)c2nc(-c3ccnc(C(F)(F)F)c3)ccc21. The number of halogens is 3. The average molecular weight is 442 g/mol. The van der Waals surface area contributed by atoms with Gasteiger partial charge in [-0.15, -0.1) is 0 Å². The number of fused-ring (bicyclic) bond motifs is 1. The van der Waals surface area contributed by atoms with Crippen LogP contribution in [0.15, 0.2) is 54.9 Å². The van der Waals surface area contributed by atoms with Gasteiger partial charge in [0.1, 0.15) is 11.5 Å². The van der Waals surface area contributed by atoms with Crippen molar-refractivity contribution in [2.24, 2.45) is 0 Å². The Hall–Kier alpha value is -3.69. The Morgan fingerprint density at radius 1 is 1.09 bits per heavy atom. The first-order valence-corrected chi connectivity index (χ1v) is 10.2. The van der Waals surface area contributed by atoms with Gasteiger partial charge in [0.2, 0.25) is 0 Å². The lowest BCUT2D eigenvalue weighted by atomic mass is 10.1. The molecule has 32 heavy (non-hydrogen) atoms. The van der Waals surface area contributed by atoms with Crippen LogP contribution in [0.3, 0.4) is 0 Å². The number of nitrogens with one attached hydrogen (secondary N) is 1. The van der Waals surface area contributed by atoms with E-state index in [1.54, 1.807) is 36.5 Å². The van der Waals surface area contributed by atoms with Crippen LogP contribution in [0.1, 0.15) is 19.0 Å². The highest BCUT2D eigenvalue weighted by Gasteiger charge is 2.33. The summed E-state index contributed by atoms with van der Waals surface area (Å²) >= 11 is 0. The molecule has 0 fully saturated rings. The first-order valence-electron chi connectivity index (χ1n) is 10.2. The molecule has 0 aliphatic carbocycles. The van der Waals surface area contributed by atoms with E-state index in [0.29, 0.717) is 36.8 Å². The van der Waals surface area contributed by atoms with Gasteiger partial charge in [-0.1, -0.05) is 6.07 Å². The lowest BCUT2D eigenvalue weighted by Crippen LogP contribution is -2.36. The molecule has 1 aliphatic heterocycles. The Morgan fingerprint density at radius 2 is 1.94 bits per heavy atom. The van der Waals surface area contributed by atoms with Gasteiger partial charge in [0.25, 0.3) is 0 Å². The third-order valence-corrected chi connectivity index (χ3v) is 5.13. The van der Waals surface area contributed by atoms with E-state index in [1.165, 1.54) is 11.0 Å². The van der Waals surface area contributed by atoms with E-state index >= 15 is 0 Å². The number of urea groups is 1. The summed E-state index contributed by atoms with van der Waals surface area (Å²) in [5, 5.41) is 2.76. The van der Waals surface area contributed by atoms with Crippen LogP contribution in [0, 0.1) is 0 Å². The van der Waals surface area contributed by atoms with Crippen LogP contribution in [-0.4, -0.2) is 40.6 Å². The van der Waals surface area contributed by atoms with E-state index in [2.05, 4.69) is 25.2 Å². The molecule has 0 bridgehead atoms. The maximum atomic E-state index is 13.1. The largest absolute Gasteiger partial charge is 0.433 e. The molecule has 2 amide bonds. The highest BCUT2D eigenvalue weighted by molar-refractivity contribution is 6.03. The van der Waals surface area contributed by atoms with Gasteiger partial charge in [-0.3, -0.25) is 15.2 Å². The molecule has 10 heteroatoms. The van der Waals surface area contributed by atoms with Crippen molar-refractivity contribution in [3.8, 4) is 11.3 Å². The van der Waals surface area contributed by atoms with Crippen LogP contribution in [0.5, 0.6) is 0 Å². The third-order valence-electron chi connectivity index (χ3n) is 5.13. The predicted octanol–water partition coefficient (Wildman–Crippen LogP) is 4.83. The van der Waals surface area contributed by atoms with Crippen molar-refractivity contribution >= 4 is 23.4 Å². The summed E-state index contributed by atoms with van der Waals surface area (Å²) in [6.45, 7) is 3.84. The van der Waals surface area contributed by atoms with Crippen molar-refractivity contribution in [2.75, 3.05) is 34.8 Å². The predicted molar refractivity (Wildman–Crippen MR) is 116 cm³/mol. The Kier molecular flexibility index (Phi) is 5.93. The zero-order chi connectivity index (χ0) is 22.7. The summed E-state index contributed by atoms with van der Waals surface area (Å²) in [5.41, 5.74) is 0.347. The van der Waals surface area contributed by atoms with Gasteiger partial charge in [0.15, 0.2) is 5.82 Å². The molecule has 1 N–H and O–H groups in total. The highest BCUT2D eigenvalue weighted by Crippen LogP contribution is 2.35. The molecule has 1 aliphatic rings. The number of aromatic nitrogens is 3. The molecule has 0 unspecified atom stereocenters. The van der Waals surface area contributed by atoms with Crippen LogP contribution in [-0.2, 0) is 6.18 Å². The summed E-state index contributed by atoms with van der Waals surface area (Å²) in [7, 11) is 0. The molecule has 0 radical (unpaired) electrons. The van der Waals surface area contributed by atoms with E-state index < -0.39 is 17.9 Å². The fraction of sp³-hybridized carbons (Fsp3) is 0.273. The molecule has 4 rings (SSSR count). The van der Waals surface area contributed by atoms with Crippen molar-refractivity contribution in [3.63, 3.8) is 0 Å². The van der Waals surface area contributed by atoms with Crippen molar-refractivity contribution in [1.29, 1.82) is 0 Å². The summed E-state index contributed by atoms with van der Waals surface area (Å²) in [5.74, 6) is 0.788. The Labute approximate surface area is 182 Å². The topological polar surface area (TPSA) is 74.2 Å². The van der Waals surface area contributed by atoms with Crippen molar-refractivity contribution in [2.45, 2.75) is 19.5 Å². The van der Waals surface area contributed by atoms with Gasteiger partial charge >= 0.3 is 12.2 Å². The van der Waals surface area contributed by atoms with Gasteiger partial charge in [0.05, 0.1) is 11.4 Å². The number of pyridine rings is 3. The van der Waals surface area contributed by atoms with Crippen LogP contribution in [0.25, 0.3) is 11.3 Å². The second kappa shape index (κ2) is 8.81. The number of amides is 2. The van der Waals surface area contributed by atoms with Gasteiger partial charge in [-0.25, -0.2) is 14.8 Å². The quantitative estimate of drug-likeness (QED) is 0.629. The average Bonchev–Trinajstić information content (AvgIpc) is 2.98. The monoisotopic (exact) mass is 442 g/mol. The number of hydrogen-bond acceptors (Lipinski definition) is 5. The van der Waals surface area contributed by atoms with Gasteiger partial charge in [0, 0.05) is 37.6 Å². The number of carbonyl (C=O) groups excluding carboxylic acids is 1. The number of nitrogens with zero attached hydrogens (tertiary/aromatic N) is 5. The van der Waals surface area contributed by atoms with Gasteiger partial charge in [-0.2, -0.15) is 13.2 Å². The van der Waals surface area contributed by atoms with Gasteiger partial charge in [-0.05, 0) is 49.7 Å². The van der Waals surface area contributed by atoms with Crippen LogP contribution in [0.4, 0.5) is 35.3 Å². The summed E-state index contributed by atoms with van der Waals surface area (Å²) in [6.07, 6.45) is -1.17. The highest BCUT2D eigenvalue weighted by atomic mass is 19.4. The maximum absolute atomic E-state index is 13.1. The Morgan fingerprint density at radius 3 is 2.66 bits per heavy atom. The normalized spacial score (nSPS) is 14.0. The van der Waals surface area contributed by atoms with Crippen molar-refractivity contribution in [1.82, 2.24) is 15.0 Å². The van der Waals surface area contributed by atoms with E-state index in [4.69, 9.17) is 0 Å². The Balaban J connectivity index is 1.74. The second-order valence-corrected chi connectivity index (χ2v) is 7.20. The maximum Gasteiger partial charge on any atom is 0.433 e. The molecule has 3 aromatic heterocycles. The molecule has 0 saturated carbocycles. The van der Waals surface area contributed by atoms with Crippen LogP contribution in [0.2, 0.25) is 0 Å². The number of alkyl halides is 3. The molecular weight excluding hydrogens is 421 g/mol. The molecular formula is C22H21F3N6O. The van der Waals surface area contributed by atoms with Crippen molar-refractivity contribution in [3.05, 3.63) is 60.6 Å². The number of carbonyl (C=O) groups is 1. The minimum Gasteiger partial charge on any atom is -0.369 e. The first-order chi connectivity index (χ1) is 15.4.